The summed E-state index contributed by atoms with van der Waals surface area (Å²) >= 11 is 3.22. The van der Waals surface area contributed by atoms with Crippen LogP contribution in [0.3, 0.4) is 0 Å². The first kappa shape index (κ1) is 36.5. The Balaban J connectivity index is 1.11. The first-order valence-corrected chi connectivity index (χ1v) is 18.0. The number of hydrogen-bond donors (Lipinski definition) is 1. The molecule has 0 atom stereocenters. The van der Waals surface area contributed by atoms with E-state index in [4.69, 9.17) is 19.9 Å². The van der Waals surface area contributed by atoms with Gasteiger partial charge in [0.05, 0.1) is 5.69 Å². The van der Waals surface area contributed by atoms with Gasteiger partial charge in [0.15, 0.2) is 0 Å². The number of nitrogens with two attached hydrogens (primary N) is 1. The molecule has 0 aliphatic rings. The van der Waals surface area contributed by atoms with E-state index in [1.807, 2.05) is 78.9 Å². The topological polar surface area (TPSA) is 87.9 Å². The minimum Gasteiger partial charge on any atom is -0.487 e. The molecule has 254 valence electrons. The zero-order valence-electron chi connectivity index (χ0n) is 27.9. The lowest BCUT2D eigenvalue weighted by Crippen LogP contribution is -2.03. The van der Waals surface area contributed by atoms with Crippen LogP contribution in [0.2, 0.25) is 0 Å². The summed E-state index contributed by atoms with van der Waals surface area (Å²) in [6.45, 7) is 7.83. The predicted molar refractivity (Wildman–Crippen MR) is 208 cm³/mol. The molecular weight excluding hydrogens is 675 g/mol. The van der Waals surface area contributed by atoms with E-state index in [1.165, 1.54) is 6.08 Å². The smallest absolute Gasteiger partial charge is 0.330 e. The molecule has 0 aliphatic carbocycles. The molecular formula is C43H35NO5S2. The van der Waals surface area contributed by atoms with Gasteiger partial charge in [-0.05, 0) is 101 Å². The van der Waals surface area contributed by atoms with E-state index in [0.29, 0.717) is 42.8 Å². The highest BCUT2D eigenvalue weighted by Crippen LogP contribution is 2.25. The predicted octanol–water partition coefficient (Wildman–Crippen LogP) is 8.44. The highest BCUT2D eigenvalue weighted by atomic mass is 32.2. The molecule has 0 aromatic heterocycles. The fraction of sp³-hybridized carbons (Fsp3) is 0.116. The number of fused-ring (bicyclic) bond motifs is 1. The summed E-state index contributed by atoms with van der Waals surface area (Å²) in [4.78, 5) is 24.4. The summed E-state index contributed by atoms with van der Waals surface area (Å²) in [6.07, 6.45) is 2.33. The number of thioether (sulfide) groups is 2. The van der Waals surface area contributed by atoms with Crippen LogP contribution in [0.25, 0.3) is 10.8 Å². The highest BCUT2D eigenvalue weighted by molar-refractivity contribution is 7.99. The van der Waals surface area contributed by atoms with Crippen molar-refractivity contribution < 1.29 is 23.8 Å². The molecule has 0 bridgehead atoms. The van der Waals surface area contributed by atoms with Gasteiger partial charge < -0.3 is 19.9 Å². The fourth-order valence-corrected chi connectivity index (χ4v) is 6.12. The lowest BCUT2D eigenvalue weighted by Gasteiger charge is -2.10. The molecule has 51 heavy (non-hydrogen) atoms. The maximum Gasteiger partial charge on any atom is 0.330 e. The second-order valence-corrected chi connectivity index (χ2v) is 13.3. The third-order valence-corrected chi connectivity index (χ3v) is 9.20. The third kappa shape index (κ3) is 11.6. The summed E-state index contributed by atoms with van der Waals surface area (Å²) < 4.78 is 16.1. The monoisotopic (exact) mass is 709 g/mol. The molecule has 0 amide bonds. The lowest BCUT2D eigenvalue weighted by atomic mass is 10.0. The largest absolute Gasteiger partial charge is 0.487 e. The van der Waals surface area contributed by atoms with Crippen molar-refractivity contribution >= 4 is 51.9 Å². The summed E-state index contributed by atoms with van der Waals surface area (Å²) in [5.41, 5.74) is 11.4. The Labute approximate surface area is 307 Å². The molecule has 0 saturated carbocycles. The highest BCUT2D eigenvalue weighted by Gasteiger charge is 2.05. The maximum atomic E-state index is 11.1. The van der Waals surface area contributed by atoms with E-state index in [0.717, 1.165) is 54.5 Å². The second-order valence-electron chi connectivity index (χ2n) is 10.9. The molecule has 0 unspecified atom stereocenters. The SMILES string of the molecule is C=CC(=O)OCCSc1ccc(C#Cc2ccc(OCc3ccc4cc(C#Cc5ccc(SCCOC(=O)C=C)cc5)ccc4c3)c(N)c2)cc1. The zero-order valence-corrected chi connectivity index (χ0v) is 29.5. The van der Waals surface area contributed by atoms with Crippen LogP contribution in [0, 0.1) is 23.7 Å². The van der Waals surface area contributed by atoms with E-state index in [9.17, 15) is 9.59 Å². The normalized spacial score (nSPS) is 10.2. The van der Waals surface area contributed by atoms with Crippen molar-refractivity contribution in [3.8, 4) is 29.4 Å². The van der Waals surface area contributed by atoms with E-state index < -0.39 is 11.9 Å². The van der Waals surface area contributed by atoms with Crippen molar-refractivity contribution in [2.24, 2.45) is 0 Å². The van der Waals surface area contributed by atoms with Crippen molar-refractivity contribution in [1.82, 2.24) is 0 Å². The molecule has 0 aliphatic heterocycles. The minimum absolute atomic E-state index is 0.331. The molecule has 2 N–H and O–H groups in total. The molecule has 0 spiro atoms. The Morgan fingerprint density at radius 1 is 0.608 bits per heavy atom. The van der Waals surface area contributed by atoms with Crippen molar-refractivity contribution in [2.45, 2.75) is 16.4 Å². The number of anilines is 1. The van der Waals surface area contributed by atoms with Crippen LogP contribution in [-0.4, -0.2) is 36.7 Å². The lowest BCUT2D eigenvalue weighted by molar-refractivity contribution is -0.138. The number of carbonyl (C=O) groups excluding carboxylic acids is 2. The van der Waals surface area contributed by atoms with Crippen LogP contribution in [0.4, 0.5) is 5.69 Å². The Bertz CT molecular complexity index is 2150. The number of esters is 2. The van der Waals surface area contributed by atoms with Gasteiger partial charge in [0.2, 0.25) is 0 Å². The number of hydrogen-bond acceptors (Lipinski definition) is 8. The standard InChI is InChI=1S/C43H35NO5S2/c1-3-42(45)47-23-25-50-38-18-11-31(12-19-38)5-7-33-9-16-37-28-35(10-17-36(37)27-33)30-49-41-22-15-34(29-40(41)44)8-6-32-13-20-39(21-14-32)51-26-24-48-43(46)4-2/h3-4,9-22,27-29H,1-2,23-26,30,44H2. The molecule has 8 heteroatoms. The molecule has 5 aromatic rings. The molecule has 0 saturated heterocycles. The van der Waals surface area contributed by atoms with Crippen molar-refractivity contribution in [3.05, 3.63) is 156 Å². The van der Waals surface area contributed by atoms with Crippen LogP contribution in [0.1, 0.15) is 27.8 Å². The van der Waals surface area contributed by atoms with E-state index in [1.54, 1.807) is 23.5 Å². The van der Waals surface area contributed by atoms with Gasteiger partial charge >= 0.3 is 11.9 Å². The molecule has 6 nitrogen and oxygen atoms in total. The molecule has 0 heterocycles. The summed E-state index contributed by atoms with van der Waals surface area (Å²) in [5.74, 6) is 14.0. The Morgan fingerprint density at radius 3 is 1.63 bits per heavy atom. The number of benzene rings is 5. The minimum atomic E-state index is -0.413. The van der Waals surface area contributed by atoms with Crippen LogP contribution in [-0.2, 0) is 25.7 Å². The molecule has 0 radical (unpaired) electrons. The van der Waals surface area contributed by atoms with Gasteiger partial charge in [-0.25, -0.2) is 9.59 Å². The second kappa shape index (κ2) is 18.8. The number of ether oxygens (including phenoxy) is 3. The number of rotatable bonds is 13. The molecule has 0 fully saturated rings. The number of nitrogen functional groups attached to an aromatic ring is 1. The van der Waals surface area contributed by atoms with Crippen LogP contribution >= 0.6 is 23.5 Å². The van der Waals surface area contributed by atoms with Crippen LogP contribution in [0.15, 0.2) is 138 Å². The van der Waals surface area contributed by atoms with Gasteiger partial charge in [0, 0.05) is 55.7 Å². The van der Waals surface area contributed by atoms with Crippen molar-refractivity contribution in [1.29, 1.82) is 0 Å². The van der Waals surface area contributed by atoms with Gasteiger partial charge in [-0.3, -0.25) is 0 Å². The Morgan fingerprint density at radius 2 is 1.08 bits per heavy atom. The average Bonchev–Trinajstić information content (AvgIpc) is 3.16. The first-order valence-electron chi connectivity index (χ1n) is 16.0. The zero-order chi connectivity index (χ0) is 35.8. The first-order chi connectivity index (χ1) is 24.9. The van der Waals surface area contributed by atoms with E-state index in [2.05, 4.69) is 61.1 Å². The van der Waals surface area contributed by atoms with Crippen molar-refractivity contribution in [3.63, 3.8) is 0 Å². The van der Waals surface area contributed by atoms with Gasteiger partial charge in [-0.15, -0.1) is 23.5 Å². The third-order valence-electron chi connectivity index (χ3n) is 7.25. The molecule has 5 aromatic carbocycles. The van der Waals surface area contributed by atoms with Crippen LogP contribution in [0.5, 0.6) is 5.75 Å². The van der Waals surface area contributed by atoms with Gasteiger partial charge in [0.1, 0.15) is 25.6 Å². The quantitative estimate of drug-likeness (QED) is 0.0326. The summed E-state index contributed by atoms with van der Waals surface area (Å²) in [6, 6.07) is 33.9. The number of carbonyl (C=O) groups is 2. The summed E-state index contributed by atoms with van der Waals surface area (Å²) in [7, 11) is 0. The maximum absolute atomic E-state index is 11.1. The average molecular weight is 710 g/mol. The van der Waals surface area contributed by atoms with Gasteiger partial charge in [-0.2, -0.15) is 0 Å². The van der Waals surface area contributed by atoms with E-state index in [-0.39, 0.29) is 0 Å². The van der Waals surface area contributed by atoms with Gasteiger partial charge in [0.25, 0.3) is 0 Å². The fourth-order valence-electron chi connectivity index (χ4n) is 4.66. The molecule has 5 rings (SSSR count). The Kier molecular flexibility index (Phi) is 13.5. The summed E-state index contributed by atoms with van der Waals surface area (Å²) in [5, 5.41) is 2.19. The Hall–Kier alpha value is -5.80. The van der Waals surface area contributed by atoms with Crippen LogP contribution < -0.4 is 10.5 Å². The van der Waals surface area contributed by atoms with Gasteiger partial charge in [-0.1, -0.05) is 55.0 Å². The van der Waals surface area contributed by atoms with Crippen molar-refractivity contribution in [2.75, 3.05) is 30.5 Å². The van der Waals surface area contributed by atoms with E-state index >= 15 is 0 Å².